The van der Waals surface area contributed by atoms with Crippen molar-refractivity contribution < 1.29 is 14.3 Å². The molecule has 0 saturated carbocycles. The van der Waals surface area contributed by atoms with Gasteiger partial charge in [0, 0.05) is 31.4 Å². The number of guanidine groups is 1. The van der Waals surface area contributed by atoms with Crippen molar-refractivity contribution in [1.82, 2.24) is 20.9 Å². The molecule has 8 nitrogen and oxygen atoms in total. The Labute approximate surface area is 178 Å². The first-order valence-electron chi connectivity index (χ1n) is 8.82. The molecule has 1 aromatic heterocycles. The fraction of sp³-hybridized carbons (Fsp3) is 0.611. The second-order valence-corrected chi connectivity index (χ2v) is 6.58. The molecule has 0 aromatic carbocycles. The zero-order valence-corrected chi connectivity index (χ0v) is 19.1. The second kappa shape index (κ2) is 13.4. The van der Waals surface area contributed by atoms with Crippen LogP contribution in [0.1, 0.15) is 39.7 Å². The second-order valence-electron chi connectivity index (χ2n) is 6.58. The number of aromatic nitrogens is 1. The highest BCUT2D eigenvalue weighted by Gasteiger charge is 2.15. The lowest BCUT2D eigenvalue weighted by molar-refractivity contribution is 0.0527. The van der Waals surface area contributed by atoms with Gasteiger partial charge in [0.05, 0.1) is 13.7 Å². The summed E-state index contributed by atoms with van der Waals surface area (Å²) in [4.78, 5) is 20.3. The zero-order chi connectivity index (χ0) is 19.4. The molecule has 3 N–H and O–H groups in total. The Hall–Kier alpha value is -1.78. The van der Waals surface area contributed by atoms with Gasteiger partial charge in [0.2, 0.25) is 5.88 Å². The summed E-state index contributed by atoms with van der Waals surface area (Å²) >= 11 is 0. The lowest BCUT2D eigenvalue weighted by Crippen LogP contribution is -2.39. The standard InChI is InChI=1S/C18H31N5O3.HI/c1-6-19-16(23-13-14-9-7-10-20-15(14)25-5)21-11-8-12-22-17(24)26-18(2,3)4;/h7,9-10H,6,8,11-13H2,1-5H3,(H,22,24)(H2,19,21,23);1H. The Morgan fingerprint density at radius 1 is 1.22 bits per heavy atom. The number of hydrogen-bond donors (Lipinski definition) is 3. The molecular formula is C18H32IN5O3. The number of halogens is 1. The van der Waals surface area contributed by atoms with Gasteiger partial charge in [-0.3, -0.25) is 0 Å². The SMILES string of the molecule is CCNC(=NCc1cccnc1OC)NCCCNC(=O)OC(C)(C)C.I. The Balaban J connectivity index is 0.00000676. The maximum atomic E-state index is 11.6. The average molecular weight is 493 g/mol. The first kappa shape index (κ1) is 25.2. The van der Waals surface area contributed by atoms with Gasteiger partial charge in [-0.25, -0.2) is 14.8 Å². The van der Waals surface area contributed by atoms with E-state index in [1.165, 1.54) is 0 Å². The number of nitrogens with one attached hydrogen (secondary N) is 3. The van der Waals surface area contributed by atoms with Gasteiger partial charge >= 0.3 is 6.09 Å². The molecule has 0 atom stereocenters. The van der Waals surface area contributed by atoms with Gasteiger partial charge in [-0.1, -0.05) is 6.07 Å². The topological polar surface area (TPSA) is 96.9 Å². The number of nitrogens with zero attached hydrogens (tertiary/aromatic N) is 2. The number of alkyl carbamates (subject to hydrolysis) is 1. The van der Waals surface area contributed by atoms with Crippen LogP contribution in [-0.4, -0.2) is 49.4 Å². The normalized spacial score (nSPS) is 11.2. The largest absolute Gasteiger partial charge is 0.481 e. The summed E-state index contributed by atoms with van der Waals surface area (Å²) < 4.78 is 10.4. The summed E-state index contributed by atoms with van der Waals surface area (Å²) in [5.74, 6) is 1.28. The molecule has 0 aliphatic carbocycles. The Morgan fingerprint density at radius 2 is 1.93 bits per heavy atom. The molecule has 27 heavy (non-hydrogen) atoms. The van der Waals surface area contributed by atoms with Gasteiger partial charge in [-0.05, 0) is 40.2 Å². The van der Waals surface area contributed by atoms with Gasteiger partial charge < -0.3 is 25.4 Å². The van der Waals surface area contributed by atoms with Gasteiger partial charge in [0.25, 0.3) is 0 Å². The van der Waals surface area contributed by atoms with Crippen molar-refractivity contribution in [2.75, 3.05) is 26.7 Å². The number of methoxy groups -OCH3 is 1. The van der Waals surface area contributed by atoms with Gasteiger partial charge in [0.15, 0.2) is 5.96 Å². The van der Waals surface area contributed by atoms with Crippen LogP contribution in [0.5, 0.6) is 5.88 Å². The zero-order valence-electron chi connectivity index (χ0n) is 16.8. The van der Waals surface area contributed by atoms with Crippen LogP contribution in [0, 0.1) is 0 Å². The number of aliphatic imine (C=N–C) groups is 1. The predicted octanol–water partition coefficient (Wildman–Crippen LogP) is 2.68. The smallest absolute Gasteiger partial charge is 0.407 e. The number of rotatable bonds is 8. The third kappa shape index (κ3) is 11.5. The third-order valence-electron chi connectivity index (χ3n) is 3.11. The summed E-state index contributed by atoms with van der Waals surface area (Å²) in [6, 6.07) is 3.79. The quantitative estimate of drug-likeness (QED) is 0.223. The Morgan fingerprint density at radius 3 is 2.56 bits per heavy atom. The average Bonchev–Trinajstić information content (AvgIpc) is 2.58. The van der Waals surface area contributed by atoms with Crippen LogP contribution in [-0.2, 0) is 11.3 Å². The minimum atomic E-state index is -0.486. The van der Waals surface area contributed by atoms with E-state index >= 15 is 0 Å². The molecule has 0 spiro atoms. The van der Waals surface area contributed by atoms with Gasteiger partial charge in [-0.15, -0.1) is 24.0 Å². The van der Waals surface area contributed by atoms with Crippen molar-refractivity contribution in [3.63, 3.8) is 0 Å². The molecule has 0 aliphatic rings. The van der Waals surface area contributed by atoms with E-state index in [9.17, 15) is 4.79 Å². The first-order valence-corrected chi connectivity index (χ1v) is 8.82. The molecule has 1 aromatic rings. The molecule has 9 heteroatoms. The number of carbonyl (C=O) groups is 1. The van der Waals surface area contributed by atoms with Crippen molar-refractivity contribution in [2.24, 2.45) is 4.99 Å². The molecule has 1 rings (SSSR count). The van der Waals surface area contributed by atoms with Crippen molar-refractivity contribution in [2.45, 2.75) is 46.3 Å². The van der Waals surface area contributed by atoms with Crippen LogP contribution in [0.3, 0.4) is 0 Å². The van der Waals surface area contributed by atoms with Crippen LogP contribution in [0.4, 0.5) is 4.79 Å². The van der Waals surface area contributed by atoms with Crippen LogP contribution in [0.25, 0.3) is 0 Å². The van der Waals surface area contributed by atoms with E-state index in [1.807, 2.05) is 39.8 Å². The van der Waals surface area contributed by atoms with Crippen molar-refractivity contribution in [3.8, 4) is 5.88 Å². The highest BCUT2D eigenvalue weighted by atomic mass is 127. The monoisotopic (exact) mass is 493 g/mol. The van der Waals surface area contributed by atoms with Crippen molar-refractivity contribution in [3.05, 3.63) is 23.9 Å². The van der Waals surface area contributed by atoms with Gasteiger partial charge in [-0.2, -0.15) is 0 Å². The van der Waals surface area contributed by atoms with E-state index in [0.29, 0.717) is 31.5 Å². The first-order chi connectivity index (χ1) is 12.4. The number of pyridine rings is 1. The lowest BCUT2D eigenvalue weighted by atomic mass is 10.2. The van der Waals surface area contributed by atoms with Crippen molar-refractivity contribution >= 4 is 36.0 Å². The molecule has 0 radical (unpaired) electrons. The molecule has 154 valence electrons. The number of ether oxygens (including phenoxy) is 2. The lowest BCUT2D eigenvalue weighted by Gasteiger charge is -2.19. The van der Waals surface area contributed by atoms with Gasteiger partial charge in [0.1, 0.15) is 5.60 Å². The summed E-state index contributed by atoms with van der Waals surface area (Å²) in [6.07, 6.45) is 2.04. The highest BCUT2D eigenvalue weighted by molar-refractivity contribution is 14.0. The van der Waals surface area contributed by atoms with E-state index in [1.54, 1.807) is 13.3 Å². The molecule has 0 bridgehead atoms. The Bertz CT molecular complexity index is 591. The number of carbonyl (C=O) groups excluding carboxylic acids is 1. The molecule has 1 heterocycles. The molecule has 0 aliphatic heterocycles. The van der Waals surface area contributed by atoms with Crippen LogP contribution >= 0.6 is 24.0 Å². The third-order valence-corrected chi connectivity index (χ3v) is 3.11. The summed E-state index contributed by atoms with van der Waals surface area (Å²) in [6.45, 7) is 9.93. The summed E-state index contributed by atoms with van der Waals surface area (Å²) in [5, 5.41) is 9.15. The number of amides is 1. The van der Waals surface area contributed by atoms with Crippen LogP contribution < -0.4 is 20.7 Å². The van der Waals surface area contributed by atoms with E-state index in [0.717, 1.165) is 18.5 Å². The van der Waals surface area contributed by atoms with E-state index in [2.05, 4.69) is 25.9 Å². The van der Waals surface area contributed by atoms with Crippen LogP contribution in [0.2, 0.25) is 0 Å². The van der Waals surface area contributed by atoms with Crippen molar-refractivity contribution in [1.29, 1.82) is 0 Å². The summed E-state index contributed by atoms with van der Waals surface area (Å²) in [5.41, 5.74) is 0.430. The minimum Gasteiger partial charge on any atom is -0.481 e. The fourth-order valence-electron chi connectivity index (χ4n) is 2.03. The van der Waals surface area contributed by atoms with Crippen LogP contribution in [0.15, 0.2) is 23.3 Å². The fourth-order valence-corrected chi connectivity index (χ4v) is 2.03. The molecule has 0 fully saturated rings. The molecule has 0 unspecified atom stereocenters. The minimum absolute atomic E-state index is 0. The van der Waals surface area contributed by atoms with E-state index in [4.69, 9.17) is 9.47 Å². The maximum absolute atomic E-state index is 11.6. The molecular weight excluding hydrogens is 461 g/mol. The van der Waals surface area contributed by atoms with E-state index in [-0.39, 0.29) is 24.0 Å². The molecule has 1 amide bonds. The number of hydrogen-bond acceptors (Lipinski definition) is 5. The predicted molar refractivity (Wildman–Crippen MR) is 118 cm³/mol. The summed E-state index contributed by atoms with van der Waals surface area (Å²) in [7, 11) is 1.59. The maximum Gasteiger partial charge on any atom is 0.407 e. The Kier molecular flexibility index (Phi) is 12.5. The molecule has 0 saturated heterocycles. The highest BCUT2D eigenvalue weighted by Crippen LogP contribution is 2.14. The van der Waals surface area contributed by atoms with E-state index < -0.39 is 11.7 Å².